The van der Waals surface area contributed by atoms with Gasteiger partial charge in [0.2, 0.25) is 5.43 Å². The van der Waals surface area contributed by atoms with E-state index in [9.17, 15) is 4.79 Å². The topological polar surface area (TPSA) is 40.1 Å². The van der Waals surface area contributed by atoms with Gasteiger partial charge in [-0.1, -0.05) is 127 Å². The van der Waals surface area contributed by atoms with Crippen molar-refractivity contribution in [2.24, 2.45) is 0 Å². The van der Waals surface area contributed by atoms with Crippen LogP contribution in [0.1, 0.15) is 0 Å². The fourth-order valence-corrected chi connectivity index (χ4v) is 8.42. The van der Waals surface area contributed by atoms with Crippen LogP contribution in [0.4, 0.5) is 0 Å². The molecular formula is C49H30N2O2. The molecule has 0 aliphatic heterocycles. The highest BCUT2D eigenvalue weighted by atomic mass is 16.3. The molecule has 4 heteroatoms. The zero-order valence-corrected chi connectivity index (χ0v) is 28.5. The van der Waals surface area contributed by atoms with Crippen LogP contribution < -0.4 is 5.43 Å². The summed E-state index contributed by atoms with van der Waals surface area (Å²) < 4.78 is 11.6. The van der Waals surface area contributed by atoms with Crippen molar-refractivity contribution in [3.63, 3.8) is 0 Å². The first-order valence-corrected chi connectivity index (χ1v) is 17.9. The molecule has 0 saturated heterocycles. The normalized spacial score (nSPS) is 11.8. The van der Waals surface area contributed by atoms with Crippen LogP contribution in [-0.4, -0.2) is 9.13 Å². The fraction of sp³-hybridized carbons (Fsp3) is 0. The van der Waals surface area contributed by atoms with E-state index in [4.69, 9.17) is 4.42 Å². The minimum absolute atomic E-state index is 0.0417. The number of benzene rings is 8. The standard InChI is InChI=1S/C49H30N2O2/c52-48-40-25-24-34(30-44(40)53-49-36(32-16-6-2-7-17-32)27-26-35(46(48)49)31-14-4-1-5-15-31)51-41-22-12-10-20-37(41)38-28-29-43-45(47(38)51)39-21-11-13-23-42(39)50(43)33-18-8-3-9-19-33/h1-30H. The van der Waals surface area contributed by atoms with Crippen molar-refractivity contribution in [3.8, 4) is 33.6 Å². The minimum Gasteiger partial charge on any atom is -0.455 e. The van der Waals surface area contributed by atoms with Gasteiger partial charge in [-0.15, -0.1) is 0 Å². The third kappa shape index (κ3) is 4.33. The van der Waals surface area contributed by atoms with Gasteiger partial charge >= 0.3 is 0 Å². The molecule has 0 aliphatic carbocycles. The molecule has 0 aliphatic rings. The summed E-state index contributed by atoms with van der Waals surface area (Å²) >= 11 is 0. The Balaban J connectivity index is 1.25. The lowest BCUT2D eigenvalue weighted by molar-refractivity contribution is 0.661. The number of aromatic nitrogens is 2. The second kappa shape index (κ2) is 11.4. The van der Waals surface area contributed by atoms with E-state index in [-0.39, 0.29) is 5.43 Å². The zero-order valence-electron chi connectivity index (χ0n) is 28.5. The van der Waals surface area contributed by atoms with Crippen LogP contribution in [0.25, 0.3) is 99.2 Å². The molecule has 3 aromatic heterocycles. The Bertz CT molecular complexity index is 3280. The van der Waals surface area contributed by atoms with Crippen molar-refractivity contribution in [2.45, 2.75) is 0 Å². The van der Waals surface area contributed by atoms with E-state index in [1.807, 2.05) is 66.7 Å². The van der Waals surface area contributed by atoms with E-state index >= 15 is 0 Å². The molecular weight excluding hydrogens is 649 g/mol. The van der Waals surface area contributed by atoms with Gasteiger partial charge in [0.25, 0.3) is 0 Å². The third-order valence-corrected chi connectivity index (χ3v) is 10.7. The van der Waals surface area contributed by atoms with Crippen molar-refractivity contribution < 1.29 is 4.42 Å². The van der Waals surface area contributed by atoms with Gasteiger partial charge in [-0.2, -0.15) is 0 Å². The molecule has 4 nitrogen and oxygen atoms in total. The summed E-state index contributed by atoms with van der Waals surface area (Å²) in [5.74, 6) is 0. The lowest BCUT2D eigenvalue weighted by Gasteiger charge is -2.14. The third-order valence-electron chi connectivity index (χ3n) is 10.7. The summed E-state index contributed by atoms with van der Waals surface area (Å²) in [6.07, 6.45) is 0. The number of hydrogen-bond donors (Lipinski definition) is 0. The Labute approximate surface area is 304 Å². The average Bonchev–Trinajstić information content (AvgIpc) is 3.74. The highest BCUT2D eigenvalue weighted by molar-refractivity contribution is 6.26. The predicted octanol–water partition coefficient (Wildman–Crippen LogP) is 12.5. The quantitative estimate of drug-likeness (QED) is 0.174. The van der Waals surface area contributed by atoms with E-state index in [1.54, 1.807) is 0 Å². The first kappa shape index (κ1) is 29.5. The monoisotopic (exact) mass is 678 g/mol. The molecule has 0 bridgehead atoms. The van der Waals surface area contributed by atoms with E-state index in [0.29, 0.717) is 21.9 Å². The smallest absolute Gasteiger partial charge is 0.201 e. The van der Waals surface area contributed by atoms with Gasteiger partial charge in [0.05, 0.1) is 32.8 Å². The molecule has 0 spiro atoms. The highest BCUT2D eigenvalue weighted by Crippen LogP contribution is 2.43. The van der Waals surface area contributed by atoms with E-state index in [0.717, 1.165) is 55.7 Å². The lowest BCUT2D eigenvalue weighted by atomic mass is 9.94. The molecule has 0 fully saturated rings. The molecule has 0 unspecified atom stereocenters. The number of nitrogens with zero attached hydrogens (tertiary/aromatic N) is 2. The molecule has 11 aromatic rings. The molecule has 248 valence electrons. The minimum atomic E-state index is -0.0417. The van der Waals surface area contributed by atoms with Gasteiger partial charge in [-0.05, 0) is 65.2 Å². The summed E-state index contributed by atoms with van der Waals surface area (Å²) in [6, 6.07) is 62.7. The molecule has 3 heterocycles. The summed E-state index contributed by atoms with van der Waals surface area (Å²) in [7, 11) is 0. The molecule has 0 saturated carbocycles. The molecule has 0 radical (unpaired) electrons. The largest absolute Gasteiger partial charge is 0.455 e. The molecule has 8 aromatic carbocycles. The molecule has 0 N–H and O–H groups in total. The summed E-state index contributed by atoms with van der Waals surface area (Å²) in [6.45, 7) is 0. The SMILES string of the molecule is O=c1c2ccc(-n3c4ccccc4c4ccc5c(c6ccccc6n5-c5ccccc5)c43)cc2oc2c(-c3ccccc3)ccc(-c3ccccc3)c12. The maximum atomic E-state index is 14.7. The van der Waals surface area contributed by atoms with Crippen molar-refractivity contribution >= 4 is 65.6 Å². The van der Waals surface area contributed by atoms with Crippen LogP contribution in [0, 0.1) is 0 Å². The Morgan fingerprint density at radius 3 is 1.72 bits per heavy atom. The van der Waals surface area contributed by atoms with Crippen LogP contribution >= 0.6 is 0 Å². The molecule has 11 rings (SSSR count). The highest BCUT2D eigenvalue weighted by Gasteiger charge is 2.22. The average molecular weight is 679 g/mol. The van der Waals surface area contributed by atoms with E-state index in [1.165, 1.54) is 21.5 Å². The van der Waals surface area contributed by atoms with Gasteiger partial charge < -0.3 is 13.6 Å². The van der Waals surface area contributed by atoms with Crippen LogP contribution in [0.3, 0.4) is 0 Å². The van der Waals surface area contributed by atoms with Gasteiger partial charge in [0.15, 0.2) is 0 Å². The maximum absolute atomic E-state index is 14.7. The van der Waals surface area contributed by atoms with Crippen molar-refractivity contribution in [1.82, 2.24) is 9.13 Å². The van der Waals surface area contributed by atoms with Crippen molar-refractivity contribution in [3.05, 3.63) is 192 Å². The molecule has 0 amide bonds. The number of fused-ring (bicyclic) bond motifs is 9. The van der Waals surface area contributed by atoms with E-state index in [2.05, 4.69) is 124 Å². The Hall–Kier alpha value is -7.17. The first-order chi connectivity index (χ1) is 26.2. The van der Waals surface area contributed by atoms with Gasteiger partial charge in [-0.3, -0.25) is 4.79 Å². The van der Waals surface area contributed by atoms with E-state index < -0.39 is 0 Å². The maximum Gasteiger partial charge on any atom is 0.201 e. The Morgan fingerprint density at radius 2 is 0.981 bits per heavy atom. The number of para-hydroxylation sites is 3. The number of rotatable bonds is 4. The van der Waals surface area contributed by atoms with Crippen LogP contribution in [-0.2, 0) is 0 Å². The van der Waals surface area contributed by atoms with Crippen molar-refractivity contribution in [2.75, 3.05) is 0 Å². The van der Waals surface area contributed by atoms with Gasteiger partial charge in [0, 0.05) is 44.5 Å². The second-order valence-corrected chi connectivity index (χ2v) is 13.6. The van der Waals surface area contributed by atoms with Crippen LogP contribution in [0.15, 0.2) is 191 Å². The zero-order chi connectivity index (χ0) is 35.0. The van der Waals surface area contributed by atoms with Crippen LogP contribution in [0.2, 0.25) is 0 Å². The summed E-state index contributed by atoms with van der Waals surface area (Å²) in [5, 5.41) is 5.83. The molecule has 53 heavy (non-hydrogen) atoms. The van der Waals surface area contributed by atoms with Crippen molar-refractivity contribution in [1.29, 1.82) is 0 Å². The number of hydrogen-bond acceptors (Lipinski definition) is 2. The summed E-state index contributed by atoms with van der Waals surface area (Å²) in [4.78, 5) is 14.7. The lowest BCUT2D eigenvalue weighted by Crippen LogP contribution is -2.05. The van der Waals surface area contributed by atoms with Gasteiger partial charge in [-0.25, -0.2) is 0 Å². The molecule has 0 atom stereocenters. The van der Waals surface area contributed by atoms with Crippen LogP contribution in [0.5, 0.6) is 0 Å². The Kier molecular flexibility index (Phi) is 6.37. The van der Waals surface area contributed by atoms with Gasteiger partial charge in [0.1, 0.15) is 11.2 Å². The second-order valence-electron chi connectivity index (χ2n) is 13.6. The first-order valence-electron chi connectivity index (χ1n) is 17.9. The predicted molar refractivity (Wildman–Crippen MR) is 220 cm³/mol. The summed E-state index contributed by atoms with van der Waals surface area (Å²) in [5.41, 5.74) is 11.3. The Morgan fingerprint density at radius 1 is 0.396 bits per heavy atom. The fourth-order valence-electron chi connectivity index (χ4n) is 8.42.